The predicted molar refractivity (Wildman–Crippen MR) is 154 cm³/mol. The van der Waals surface area contributed by atoms with Crippen molar-refractivity contribution in [3.63, 3.8) is 0 Å². The van der Waals surface area contributed by atoms with Crippen LogP contribution in [0.1, 0.15) is 85.2 Å². The molecule has 5 rings (SSSR count). The van der Waals surface area contributed by atoms with Crippen LogP contribution in [0.5, 0.6) is 11.5 Å². The Labute approximate surface area is 240 Å². The van der Waals surface area contributed by atoms with Crippen LogP contribution in [0.25, 0.3) is 0 Å². The minimum Gasteiger partial charge on any atom is -0.493 e. The Morgan fingerprint density at radius 1 is 0.854 bits per heavy atom. The summed E-state index contributed by atoms with van der Waals surface area (Å²) in [6.07, 6.45) is 5.66. The molecule has 0 N–H and O–H groups in total. The van der Waals surface area contributed by atoms with Gasteiger partial charge in [0.25, 0.3) is 0 Å². The first kappa shape index (κ1) is 28.6. The monoisotopic (exact) mass is 559 g/mol. The van der Waals surface area contributed by atoms with E-state index in [1.807, 2.05) is 25.1 Å². The van der Waals surface area contributed by atoms with Crippen molar-refractivity contribution < 1.29 is 33.3 Å². The lowest BCUT2D eigenvalue weighted by Crippen LogP contribution is -2.39. The van der Waals surface area contributed by atoms with E-state index in [0.29, 0.717) is 40.5 Å². The van der Waals surface area contributed by atoms with Gasteiger partial charge in [0, 0.05) is 29.3 Å². The molecule has 8 heteroatoms. The van der Waals surface area contributed by atoms with Gasteiger partial charge >= 0.3 is 11.9 Å². The molecule has 2 aromatic carbocycles. The summed E-state index contributed by atoms with van der Waals surface area (Å²) in [6, 6.07) is 12.7. The number of esters is 2. The van der Waals surface area contributed by atoms with Gasteiger partial charge in [-0.3, -0.25) is 14.6 Å². The third kappa shape index (κ3) is 5.78. The molecule has 3 aliphatic rings. The molecule has 0 saturated heterocycles. The second kappa shape index (κ2) is 12.3. The Kier molecular flexibility index (Phi) is 8.57. The first-order valence-electron chi connectivity index (χ1n) is 14.3. The van der Waals surface area contributed by atoms with E-state index in [0.717, 1.165) is 43.2 Å². The number of ketones is 1. The van der Waals surface area contributed by atoms with Gasteiger partial charge in [-0.05, 0) is 80.3 Å². The number of benzene rings is 2. The molecule has 2 aliphatic carbocycles. The number of nitrogens with zero attached hydrogens (tertiary/aromatic N) is 1. The molecule has 8 nitrogen and oxygen atoms in total. The molecule has 0 aromatic heterocycles. The van der Waals surface area contributed by atoms with E-state index < -0.39 is 17.8 Å². The van der Waals surface area contributed by atoms with E-state index >= 15 is 0 Å². The second-order valence-corrected chi connectivity index (χ2v) is 11.0. The first-order valence-corrected chi connectivity index (χ1v) is 14.3. The van der Waals surface area contributed by atoms with Crippen molar-refractivity contribution in [2.75, 3.05) is 21.3 Å². The number of ether oxygens (including phenoxy) is 4. The summed E-state index contributed by atoms with van der Waals surface area (Å²) in [5.41, 5.74) is 4.02. The summed E-state index contributed by atoms with van der Waals surface area (Å²) in [6.45, 7) is 1.84. The zero-order chi connectivity index (χ0) is 29.1. The van der Waals surface area contributed by atoms with E-state index in [1.165, 1.54) is 7.11 Å². The molecule has 0 amide bonds. The zero-order valence-corrected chi connectivity index (χ0v) is 24.1. The number of aliphatic imine (C=N–C) groups is 1. The largest absolute Gasteiger partial charge is 0.493 e. The SMILES string of the molecule is COC(=O)c1ccc([C@@H]2C3=C(C[C@@H](c4ccc(OC)c(OC)c4)CC3=O)N=C(C)C2C(=O)OC2CCCCC2)cc1. The molecule has 0 spiro atoms. The van der Waals surface area contributed by atoms with Crippen molar-refractivity contribution in [2.45, 2.75) is 69.8 Å². The number of methoxy groups -OCH3 is 3. The number of allylic oxidation sites excluding steroid dienone is 2. The first-order chi connectivity index (χ1) is 19.8. The van der Waals surface area contributed by atoms with Crippen molar-refractivity contribution in [1.29, 1.82) is 0 Å². The molecule has 0 radical (unpaired) electrons. The summed E-state index contributed by atoms with van der Waals surface area (Å²) >= 11 is 0. The number of rotatable bonds is 7. The van der Waals surface area contributed by atoms with Gasteiger partial charge < -0.3 is 18.9 Å². The van der Waals surface area contributed by atoms with E-state index in [-0.39, 0.29) is 30.2 Å². The van der Waals surface area contributed by atoms with Crippen LogP contribution >= 0.6 is 0 Å². The Morgan fingerprint density at radius 3 is 2.20 bits per heavy atom. The molecule has 1 saturated carbocycles. The lowest BCUT2D eigenvalue weighted by molar-refractivity contribution is -0.153. The number of hydrogen-bond donors (Lipinski definition) is 0. The molecule has 1 aliphatic heterocycles. The normalized spacial score (nSPS) is 22.9. The highest BCUT2D eigenvalue weighted by molar-refractivity contribution is 6.09. The quantitative estimate of drug-likeness (QED) is 0.387. The number of Topliss-reactive ketones (excluding diaryl/α,β-unsaturated/α-hetero) is 1. The molecule has 216 valence electrons. The summed E-state index contributed by atoms with van der Waals surface area (Å²) in [5.74, 6) is -0.968. The van der Waals surface area contributed by atoms with Crippen molar-refractivity contribution in [2.24, 2.45) is 10.9 Å². The van der Waals surface area contributed by atoms with Crippen LogP contribution in [0.15, 0.2) is 58.7 Å². The van der Waals surface area contributed by atoms with Crippen LogP contribution in [-0.2, 0) is 19.1 Å². The van der Waals surface area contributed by atoms with Crippen LogP contribution in [0.3, 0.4) is 0 Å². The fraction of sp³-hybridized carbons (Fsp3) is 0.455. The van der Waals surface area contributed by atoms with Crippen LogP contribution < -0.4 is 9.47 Å². The Morgan fingerprint density at radius 2 is 1.54 bits per heavy atom. The third-order valence-electron chi connectivity index (χ3n) is 8.55. The maximum Gasteiger partial charge on any atom is 0.337 e. The Bertz CT molecular complexity index is 1380. The number of carbonyl (C=O) groups excluding carboxylic acids is 3. The second-order valence-electron chi connectivity index (χ2n) is 11.0. The van der Waals surface area contributed by atoms with E-state index in [9.17, 15) is 14.4 Å². The fourth-order valence-corrected chi connectivity index (χ4v) is 6.43. The van der Waals surface area contributed by atoms with Crippen molar-refractivity contribution in [1.82, 2.24) is 0 Å². The van der Waals surface area contributed by atoms with Crippen molar-refractivity contribution in [3.8, 4) is 11.5 Å². The van der Waals surface area contributed by atoms with Gasteiger partial charge in [0.15, 0.2) is 17.3 Å². The average Bonchev–Trinajstić information content (AvgIpc) is 3.00. The Balaban J connectivity index is 1.52. The lowest BCUT2D eigenvalue weighted by atomic mass is 9.69. The lowest BCUT2D eigenvalue weighted by Gasteiger charge is -2.37. The van der Waals surface area contributed by atoms with E-state index in [2.05, 4.69) is 0 Å². The van der Waals surface area contributed by atoms with Crippen LogP contribution in [-0.4, -0.2) is 50.9 Å². The van der Waals surface area contributed by atoms with Gasteiger partial charge in [0.05, 0.1) is 26.9 Å². The Hall–Kier alpha value is -3.94. The average molecular weight is 560 g/mol. The summed E-state index contributed by atoms with van der Waals surface area (Å²) < 4.78 is 21.8. The molecular formula is C33H37NO7. The predicted octanol–water partition coefficient (Wildman–Crippen LogP) is 5.94. The van der Waals surface area contributed by atoms with Crippen LogP contribution in [0.2, 0.25) is 0 Å². The minimum absolute atomic E-state index is 0.0419. The summed E-state index contributed by atoms with van der Waals surface area (Å²) in [4.78, 5) is 44.7. The maximum absolute atomic E-state index is 14.0. The molecule has 3 atom stereocenters. The smallest absolute Gasteiger partial charge is 0.337 e. The fourth-order valence-electron chi connectivity index (χ4n) is 6.43. The highest BCUT2D eigenvalue weighted by atomic mass is 16.5. The molecule has 0 bridgehead atoms. The summed E-state index contributed by atoms with van der Waals surface area (Å²) in [5, 5.41) is 0. The van der Waals surface area contributed by atoms with E-state index in [4.69, 9.17) is 23.9 Å². The molecule has 2 aromatic rings. The number of carbonyl (C=O) groups is 3. The molecule has 1 fully saturated rings. The van der Waals surface area contributed by atoms with Gasteiger partial charge in [0.1, 0.15) is 12.0 Å². The van der Waals surface area contributed by atoms with Gasteiger partial charge in [-0.15, -0.1) is 0 Å². The van der Waals surface area contributed by atoms with Crippen LogP contribution in [0.4, 0.5) is 0 Å². The van der Waals surface area contributed by atoms with Crippen LogP contribution in [0, 0.1) is 5.92 Å². The highest BCUT2D eigenvalue weighted by Crippen LogP contribution is 2.47. The minimum atomic E-state index is -0.721. The topological polar surface area (TPSA) is 100 Å². The summed E-state index contributed by atoms with van der Waals surface area (Å²) in [7, 11) is 4.51. The van der Waals surface area contributed by atoms with Crippen molar-refractivity contribution in [3.05, 3.63) is 70.4 Å². The molecule has 1 heterocycles. The van der Waals surface area contributed by atoms with Gasteiger partial charge in [-0.25, -0.2) is 4.79 Å². The van der Waals surface area contributed by atoms with Gasteiger partial charge in [-0.2, -0.15) is 0 Å². The third-order valence-corrected chi connectivity index (χ3v) is 8.55. The molecular weight excluding hydrogens is 522 g/mol. The zero-order valence-electron chi connectivity index (χ0n) is 24.1. The molecule has 1 unspecified atom stereocenters. The highest BCUT2D eigenvalue weighted by Gasteiger charge is 2.45. The maximum atomic E-state index is 14.0. The van der Waals surface area contributed by atoms with E-state index in [1.54, 1.807) is 38.5 Å². The van der Waals surface area contributed by atoms with Gasteiger partial charge in [0.2, 0.25) is 0 Å². The van der Waals surface area contributed by atoms with Crippen molar-refractivity contribution >= 4 is 23.4 Å². The van der Waals surface area contributed by atoms with Gasteiger partial charge in [-0.1, -0.05) is 24.6 Å². The number of hydrogen-bond acceptors (Lipinski definition) is 8. The molecule has 41 heavy (non-hydrogen) atoms. The standard InChI is InChI=1S/C33H37NO7/c1-19-29(33(37)41-24-8-6-5-7-9-24)30(20-10-12-21(13-11-20)32(36)40-4)31-25(34-19)16-23(17-26(31)35)22-14-15-27(38-2)28(18-22)39-3/h10-15,18,23-24,29-30H,5-9,16-17H2,1-4H3/t23-,29?,30+/m1/s1.